The van der Waals surface area contributed by atoms with Gasteiger partial charge in [-0.2, -0.15) is 4.98 Å². The van der Waals surface area contributed by atoms with E-state index < -0.39 is 4.92 Å². The van der Waals surface area contributed by atoms with Crippen molar-refractivity contribution in [1.82, 2.24) is 10.1 Å². The molecule has 2 aromatic heterocycles. The van der Waals surface area contributed by atoms with Crippen LogP contribution in [0.15, 0.2) is 43.9 Å². The van der Waals surface area contributed by atoms with Gasteiger partial charge in [0.05, 0.1) is 4.92 Å². The first kappa shape index (κ1) is 13.5. The van der Waals surface area contributed by atoms with E-state index in [-0.39, 0.29) is 17.4 Å². The van der Waals surface area contributed by atoms with E-state index in [1.165, 1.54) is 6.07 Å². The van der Waals surface area contributed by atoms with Crippen LogP contribution in [0.1, 0.15) is 5.56 Å². The molecule has 0 fully saturated rings. The fraction of sp³-hybridized carbons (Fsp3) is 0.0769. The lowest BCUT2D eigenvalue weighted by molar-refractivity contribution is -0.385. The van der Waals surface area contributed by atoms with Gasteiger partial charge < -0.3 is 8.94 Å². The third-order valence-corrected chi connectivity index (χ3v) is 3.38. The number of nitro benzene ring substituents is 1. The molecule has 0 atom stereocenters. The summed E-state index contributed by atoms with van der Waals surface area (Å²) in [6, 6.07) is 8.11. The minimum absolute atomic E-state index is 0.00740. The summed E-state index contributed by atoms with van der Waals surface area (Å²) in [6.07, 6.45) is 0. The highest BCUT2D eigenvalue weighted by Crippen LogP contribution is 2.30. The number of hydrogen-bond donors (Lipinski definition) is 0. The fourth-order valence-electron chi connectivity index (χ4n) is 1.92. The molecule has 0 spiro atoms. The Balaban J connectivity index is 2.04. The van der Waals surface area contributed by atoms with E-state index in [9.17, 15) is 10.1 Å². The fourth-order valence-corrected chi connectivity index (χ4v) is 2.23. The Hall–Kier alpha value is -2.48. The molecule has 0 aliphatic carbocycles. The molecule has 3 rings (SSSR count). The second kappa shape index (κ2) is 5.13. The van der Waals surface area contributed by atoms with Crippen molar-refractivity contribution in [3.8, 4) is 23.0 Å². The van der Waals surface area contributed by atoms with E-state index in [1.807, 2.05) is 0 Å². The van der Waals surface area contributed by atoms with E-state index in [0.29, 0.717) is 21.6 Å². The van der Waals surface area contributed by atoms with Crippen molar-refractivity contribution in [3.05, 3.63) is 50.7 Å². The number of halogens is 1. The highest BCUT2D eigenvalue weighted by molar-refractivity contribution is 9.10. The molecule has 2 heterocycles. The Labute approximate surface area is 126 Å². The molecule has 1 aromatic carbocycles. The Bertz CT molecular complexity index is 824. The molecule has 0 unspecified atom stereocenters. The summed E-state index contributed by atoms with van der Waals surface area (Å²) in [5.74, 6) is 0.931. The van der Waals surface area contributed by atoms with Gasteiger partial charge in [-0.15, -0.1) is 0 Å². The lowest BCUT2D eigenvalue weighted by Gasteiger charge is -2.00. The van der Waals surface area contributed by atoms with Gasteiger partial charge in [-0.3, -0.25) is 10.1 Å². The van der Waals surface area contributed by atoms with Crippen LogP contribution in [0.4, 0.5) is 5.69 Å². The molecular formula is C13H8BrN3O4. The number of nitro groups is 1. The first-order valence-corrected chi connectivity index (χ1v) is 6.69. The van der Waals surface area contributed by atoms with Crippen LogP contribution in [0.2, 0.25) is 0 Å². The Morgan fingerprint density at radius 1 is 1.29 bits per heavy atom. The maximum absolute atomic E-state index is 11.0. The van der Waals surface area contributed by atoms with E-state index >= 15 is 0 Å². The largest absolute Gasteiger partial charge is 0.446 e. The van der Waals surface area contributed by atoms with Crippen LogP contribution in [0, 0.1) is 17.0 Å². The number of aromatic nitrogens is 2. The minimum atomic E-state index is -0.445. The predicted octanol–water partition coefficient (Wildman–Crippen LogP) is 3.98. The molecule has 0 saturated carbocycles. The molecule has 21 heavy (non-hydrogen) atoms. The zero-order chi connectivity index (χ0) is 15.0. The zero-order valence-electron chi connectivity index (χ0n) is 10.7. The SMILES string of the molecule is Cc1c(-c2nc(-c3ccc(Br)o3)no2)cccc1[N+](=O)[O-]. The lowest BCUT2D eigenvalue weighted by Crippen LogP contribution is -1.93. The van der Waals surface area contributed by atoms with Crippen LogP contribution in [-0.4, -0.2) is 15.1 Å². The van der Waals surface area contributed by atoms with E-state index in [2.05, 4.69) is 26.1 Å². The number of hydrogen-bond acceptors (Lipinski definition) is 6. The van der Waals surface area contributed by atoms with Crippen molar-refractivity contribution >= 4 is 21.6 Å². The maximum atomic E-state index is 11.0. The van der Waals surface area contributed by atoms with Crippen LogP contribution >= 0.6 is 15.9 Å². The van der Waals surface area contributed by atoms with Gasteiger partial charge in [-0.1, -0.05) is 11.2 Å². The van der Waals surface area contributed by atoms with Crippen molar-refractivity contribution in [1.29, 1.82) is 0 Å². The van der Waals surface area contributed by atoms with Crippen LogP contribution in [0.5, 0.6) is 0 Å². The molecule has 0 N–H and O–H groups in total. The second-order valence-corrected chi connectivity index (χ2v) is 5.02. The Morgan fingerprint density at radius 3 is 2.76 bits per heavy atom. The third kappa shape index (κ3) is 2.45. The number of rotatable bonds is 3. The summed E-state index contributed by atoms with van der Waals surface area (Å²) in [6.45, 7) is 1.64. The molecular weight excluding hydrogens is 342 g/mol. The van der Waals surface area contributed by atoms with E-state index in [1.54, 1.807) is 31.2 Å². The van der Waals surface area contributed by atoms with E-state index in [0.717, 1.165) is 0 Å². The summed E-state index contributed by atoms with van der Waals surface area (Å²) in [5, 5.41) is 14.8. The van der Waals surface area contributed by atoms with E-state index in [4.69, 9.17) is 8.94 Å². The normalized spacial score (nSPS) is 10.8. The molecule has 3 aromatic rings. The molecule has 0 bridgehead atoms. The standard InChI is InChI=1S/C13H8BrN3O4/c1-7-8(3-2-4-9(7)17(18)19)13-15-12(16-21-13)10-5-6-11(14)20-10/h2-6H,1H3. The van der Waals surface area contributed by atoms with Gasteiger partial charge in [-0.25, -0.2) is 0 Å². The van der Waals surface area contributed by atoms with Gasteiger partial charge in [0.25, 0.3) is 11.6 Å². The highest BCUT2D eigenvalue weighted by atomic mass is 79.9. The smallest absolute Gasteiger partial charge is 0.273 e. The first-order chi connectivity index (χ1) is 10.1. The molecule has 0 saturated heterocycles. The number of furan rings is 1. The van der Waals surface area contributed by atoms with Crippen molar-refractivity contribution in [2.45, 2.75) is 6.92 Å². The van der Waals surface area contributed by atoms with Gasteiger partial charge in [0.2, 0.25) is 5.82 Å². The van der Waals surface area contributed by atoms with Crippen LogP contribution < -0.4 is 0 Å². The van der Waals surface area contributed by atoms with Crippen molar-refractivity contribution in [3.63, 3.8) is 0 Å². The molecule has 8 heteroatoms. The lowest BCUT2D eigenvalue weighted by atomic mass is 10.1. The van der Waals surface area contributed by atoms with Crippen LogP contribution in [0.3, 0.4) is 0 Å². The van der Waals surface area contributed by atoms with Gasteiger partial charge in [0.1, 0.15) is 0 Å². The second-order valence-electron chi connectivity index (χ2n) is 4.23. The van der Waals surface area contributed by atoms with Gasteiger partial charge >= 0.3 is 0 Å². The zero-order valence-corrected chi connectivity index (χ0v) is 12.3. The molecule has 106 valence electrons. The molecule has 0 aliphatic rings. The number of nitrogens with zero attached hydrogens (tertiary/aromatic N) is 3. The average molecular weight is 350 g/mol. The average Bonchev–Trinajstić information content (AvgIpc) is 3.07. The van der Waals surface area contributed by atoms with Crippen molar-refractivity contribution in [2.75, 3.05) is 0 Å². The summed E-state index contributed by atoms with van der Waals surface area (Å²) in [4.78, 5) is 14.7. The quantitative estimate of drug-likeness (QED) is 0.524. The number of benzene rings is 1. The van der Waals surface area contributed by atoms with Crippen LogP contribution in [-0.2, 0) is 0 Å². The maximum Gasteiger partial charge on any atom is 0.273 e. The third-order valence-electron chi connectivity index (χ3n) is 2.95. The molecule has 0 amide bonds. The predicted molar refractivity (Wildman–Crippen MR) is 76.5 cm³/mol. The van der Waals surface area contributed by atoms with Gasteiger partial charge in [0, 0.05) is 17.2 Å². The van der Waals surface area contributed by atoms with Crippen molar-refractivity contribution in [2.24, 2.45) is 0 Å². The Morgan fingerprint density at radius 2 is 2.10 bits per heavy atom. The summed E-state index contributed by atoms with van der Waals surface area (Å²) >= 11 is 3.19. The van der Waals surface area contributed by atoms with Gasteiger partial charge in [-0.05, 0) is 41.1 Å². The van der Waals surface area contributed by atoms with Crippen LogP contribution in [0.25, 0.3) is 23.0 Å². The summed E-state index contributed by atoms with van der Waals surface area (Å²) in [5.41, 5.74) is 1.000. The first-order valence-electron chi connectivity index (χ1n) is 5.90. The topological polar surface area (TPSA) is 95.2 Å². The Kier molecular flexibility index (Phi) is 3.30. The highest BCUT2D eigenvalue weighted by Gasteiger charge is 2.19. The molecule has 0 aliphatic heterocycles. The molecule has 7 nitrogen and oxygen atoms in total. The van der Waals surface area contributed by atoms with Crippen molar-refractivity contribution < 1.29 is 13.9 Å². The summed E-state index contributed by atoms with van der Waals surface area (Å²) in [7, 11) is 0. The monoisotopic (exact) mass is 349 g/mol. The molecule has 0 radical (unpaired) electrons. The summed E-state index contributed by atoms with van der Waals surface area (Å²) < 4.78 is 11.1. The minimum Gasteiger partial charge on any atom is -0.446 e. The van der Waals surface area contributed by atoms with Gasteiger partial charge in [0.15, 0.2) is 10.4 Å².